The van der Waals surface area contributed by atoms with Crippen molar-refractivity contribution >= 4 is 87.1 Å². The number of nitrogens with zero attached hydrogens (tertiary/aromatic N) is 6. The second-order valence-electron chi connectivity index (χ2n) is 22.4. The average molecular weight is 1330 g/mol. The molecule has 5 aromatic carbocycles. The van der Waals surface area contributed by atoms with Crippen molar-refractivity contribution in [2.75, 3.05) is 76.7 Å². The van der Waals surface area contributed by atoms with E-state index in [4.69, 9.17) is 36.7 Å². The first-order valence-corrected chi connectivity index (χ1v) is 32.6. The number of halogens is 1. The van der Waals surface area contributed by atoms with Gasteiger partial charge in [-0.25, -0.2) is 0 Å². The Morgan fingerprint density at radius 3 is 1.39 bits per heavy atom. The molecule has 0 radical (unpaired) electrons. The Hall–Kier alpha value is -10.2. The molecule has 13 rings (SSSR count). The number of fused-ring (bicyclic) bond motifs is 3. The van der Waals surface area contributed by atoms with Crippen LogP contribution in [0.3, 0.4) is 0 Å². The predicted molar refractivity (Wildman–Crippen MR) is 367 cm³/mol. The number of amides is 6. The third-order valence-electron chi connectivity index (χ3n) is 16.6. The van der Waals surface area contributed by atoms with E-state index in [-0.39, 0.29) is 41.5 Å². The molecule has 10 aromatic rings. The number of carbonyl (C=O) groups is 6. The first-order chi connectivity index (χ1) is 46.3. The third kappa shape index (κ3) is 14.6. The van der Waals surface area contributed by atoms with Crippen LogP contribution in [-0.2, 0) is 28.6 Å². The van der Waals surface area contributed by atoms with Gasteiger partial charge in [0.15, 0.2) is 0 Å². The second-order valence-corrected chi connectivity index (χ2v) is 25.1. The van der Waals surface area contributed by atoms with Crippen LogP contribution in [0.15, 0.2) is 211 Å². The Morgan fingerprint density at radius 2 is 0.968 bits per heavy atom. The number of carbonyl (C=O) groups excluding carboxylic acids is 6. The standard InChI is InChI=1S/C27H24ClN3O3S.C25H23N3O3.C21H21N3O4S/c1-34-17-16-31-25(22-12-13-23(28)35-22)24(20-6-2-3-7-21(20)27(31)33)26(32)29-18-8-10-19(11-9-18)30-14-4-5-15-30;1-3-22-23(20-8-4-5-9-21(20)25(30)28(22)16-17-31-2)24(29)26-18-10-12-19(13-11-18)27-14-6-7-15-27;1-13-12-28-21(22-13)23-19(25)17-14-6-3-4-7-15(14)20(26)24(9-10-27-2)18(17)16-8-5-11-29-16/h2-15,24-25H,16-17H2,1H3,(H,29,32);1,4-15,22-23H,16-17H2,2H3,(H,26,29);3-8,11-12,17-18H,9-10H2,1-2H3,(H,22,23,25). The lowest BCUT2D eigenvalue weighted by Gasteiger charge is -2.41. The van der Waals surface area contributed by atoms with Gasteiger partial charge in [-0.15, -0.1) is 29.1 Å². The highest BCUT2D eigenvalue weighted by molar-refractivity contribution is 7.16. The molecule has 3 N–H and O–H groups in total. The topological polar surface area (TPSA) is 212 Å². The van der Waals surface area contributed by atoms with E-state index in [0.29, 0.717) is 94.2 Å². The second kappa shape index (κ2) is 30.7. The van der Waals surface area contributed by atoms with E-state index >= 15 is 0 Å². The van der Waals surface area contributed by atoms with Gasteiger partial charge in [-0.05, 0) is 138 Å². The van der Waals surface area contributed by atoms with Gasteiger partial charge in [-0.1, -0.05) is 78.2 Å². The molecule has 6 amide bonds. The molecule has 22 heteroatoms. The number of hydrogen-bond donors (Lipinski definition) is 3. The first kappa shape index (κ1) is 66.3. The van der Waals surface area contributed by atoms with Crippen molar-refractivity contribution in [2.24, 2.45) is 0 Å². The summed E-state index contributed by atoms with van der Waals surface area (Å²) in [6.45, 7) is 3.92. The highest BCUT2D eigenvalue weighted by Gasteiger charge is 2.47. The fraction of sp³-hybridized carbons (Fsp3) is 0.219. The summed E-state index contributed by atoms with van der Waals surface area (Å²) in [4.78, 5) is 91.4. The number of oxazole rings is 1. The number of ether oxygens (including phenoxy) is 3. The van der Waals surface area contributed by atoms with Crippen LogP contribution >= 0.6 is 34.3 Å². The van der Waals surface area contributed by atoms with Crippen LogP contribution in [0.5, 0.6) is 0 Å². The molecule has 19 nitrogen and oxygen atoms in total. The van der Waals surface area contributed by atoms with Gasteiger partial charge in [0.25, 0.3) is 17.7 Å². The van der Waals surface area contributed by atoms with E-state index in [1.807, 2.05) is 173 Å². The number of hydrogen-bond acceptors (Lipinski definition) is 13. The molecule has 0 spiro atoms. The fourth-order valence-electron chi connectivity index (χ4n) is 12.2. The predicted octanol–water partition coefficient (Wildman–Crippen LogP) is 12.7. The Labute approximate surface area is 562 Å². The monoisotopic (exact) mass is 1330 g/mol. The number of nitrogens with one attached hydrogen (secondary N) is 3. The molecule has 0 saturated heterocycles. The molecule has 5 aromatic heterocycles. The normalized spacial score (nSPS) is 17.8. The van der Waals surface area contributed by atoms with Crippen molar-refractivity contribution in [3.8, 4) is 23.7 Å². The summed E-state index contributed by atoms with van der Waals surface area (Å²) in [5.41, 5.74) is 7.62. The van der Waals surface area contributed by atoms with Crippen LogP contribution in [0, 0.1) is 19.3 Å². The molecule has 6 atom stereocenters. The summed E-state index contributed by atoms with van der Waals surface area (Å²) in [5, 5.41) is 10.8. The maximum Gasteiger partial charge on any atom is 0.301 e. The number of benzene rings is 5. The van der Waals surface area contributed by atoms with Gasteiger partial charge in [0, 0.05) is 115 Å². The summed E-state index contributed by atoms with van der Waals surface area (Å²) in [6, 6.07) is 50.8. The van der Waals surface area contributed by atoms with E-state index in [1.54, 1.807) is 79.4 Å². The van der Waals surface area contributed by atoms with Crippen LogP contribution in [0.25, 0.3) is 11.4 Å². The van der Waals surface area contributed by atoms with Gasteiger partial charge in [0.2, 0.25) is 17.7 Å². The van der Waals surface area contributed by atoms with Gasteiger partial charge < -0.3 is 53.1 Å². The Balaban J connectivity index is 0.000000146. The average Bonchev–Trinajstić information content (AvgIpc) is 1.69. The Kier molecular flexibility index (Phi) is 21.4. The van der Waals surface area contributed by atoms with Crippen LogP contribution < -0.4 is 16.0 Å². The zero-order valence-electron chi connectivity index (χ0n) is 52.4. The molecule has 0 saturated carbocycles. The Bertz CT molecular complexity index is 4340. The minimum absolute atomic E-state index is 0.105. The van der Waals surface area contributed by atoms with Crippen LogP contribution in [0.1, 0.15) is 93.0 Å². The van der Waals surface area contributed by atoms with Crippen molar-refractivity contribution in [1.29, 1.82) is 0 Å². The van der Waals surface area contributed by atoms with E-state index in [1.165, 1.54) is 28.9 Å². The van der Waals surface area contributed by atoms with Crippen LogP contribution in [0.2, 0.25) is 4.34 Å². The summed E-state index contributed by atoms with van der Waals surface area (Å²) in [5.74, 6) is -0.347. The zero-order chi connectivity index (χ0) is 66.5. The minimum Gasteiger partial charge on any atom is -0.432 e. The van der Waals surface area contributed by atoms with Gasteiger partial charge in [-0.3, -0.25) is 34.1 Å². The number of terminal acetylenes is 1. The molecule has 3 aliphatic heterocycles. The fourth-order valence-corrected chi connectivity index (χ4v) is 14.3. The summed E-state index contributed by atoms with van der Waals surface area (Å²) >= 11 is 9.18. The molecule has 3 aliphatic rings. The van der Waals surface area contributed by atoms with Crippen LogP contribution in [0.4, 0.5) is 17.4 Å². The minimum atomic E-state index is -0.698. The maximum atomic E-state index is 13.8. The number of methoxy groups -OCH3 is 3. The molecule has 6 unspecified atom stereocenters. The largest absolute Gasteiger partial charge is 0.432 e. The number of rotatable bonds is 19. The summed E-state index contributed by atoms with van der Waals surface area (Å²) in [6.07, 6.45) is 15.1. The zero-order valence-corrected chi connectivity index (χ0v) is 54.8. The van der Waals surface area contributed by atoms with Gasteiger partial charge >= 0.3 is 6.01 Å². The van der Waals surface area contributed by atoms with Crippen LogP contribution in [-0.4, -0.2) is 131 Å². The van der Waals surface area contributed by atoms with Crippen molar-refractivity contribution in [1.82, 2.24) is 28.8 Å². The van der Waals surface area contributed by atoms with Gasteiger partial charge in [0.1, 0.15) is 12.3 Å². The van der Waals surface area contributed by atoms with E-state index in [9.17, 15) is 28.8 Å². The lowest BCUT2D eigenvalue weighted by molar-refractivity contribution is -0.120. The number of anilines is 3. The first-order valence-electron chi connectivity index (χ1n) is 30.5. The number of thiophene rings is 2. The maximum absolute atomic E-state index is 13.8. The van der Waals surface area contributed by atoms with E-state index in [2.05, 4.69) is 26.9 Å². The molecule has 484 valence electrons. The quantitative estimate of drug-likeness (QED) is 0.0648. The lowest BCUT2D eigenvalue weighted by atomic mass is 9.81. The van der Waals surface area contributed by atoms with Crippen molar-refractivity contribution in [2.45, 2.75) is 42.8 Å². The Morgan fingerprint density at radius 1 is 0.537 bits per heavy atom. The molecule has 95 heavy (non-hydrogen) atoms. The molecular weight excluding hydrogens is 1260 g/mol. The SMILES string of the molecule is C#CC1C(C(=O)Nc2ccc(-n3cccc3)cc2)c2ccccc2C(=O)N1CCOC.COCCN1C(=O)c2ccccc2C(C(=O)Nc2ccc(-n3cccc3)cc2)C1c1ccc(Cl)s1.COCCN1C(=O)c2ccccc2C(C(=O)Nc2nc(C)co2)C1c1cccs1. The lowest BCUT2D eigenvalue weighted by Crippen LogP contribution is -2.51. The van der Waals surface area contributed by atoms with Gasteiger partial charge in [0.05, 0.1) is 59.7 Å². The molecular formula is C73H68ClN9O10S2. The van der Waals surface area contributed by atoms with Crippen molar-refractivity contribution in [3.63, 3.8) is 0 Å². The molecule has 0 aliphatic carbocycles. The van der Waals surface area contributed by atoms with Gasteiger partial charge in [-0.2, -0.15) is 4.98 Å². The molecule has 0 fully saturated rings. The van der Waals surface area contributed by atoms with Crippen molar-refractivity contribution < 1.29 is 47.4 Å². The van der Waals surface area contributed by atoms with Crippen molar-refractivity contribution in [3.05, 3.63) is 259 Å². The highest BCUT2D eigenvalue weighted by Crippen LogP contribution is 2.47. The third-order valence-corrected chi connectivity index (χ3v) is 18.8. The molecule has 0 bridgehead atoms. The highest BCUT2D eigenvalue weighted by atomic mass is 35.5. The number of aryl methyl sites for hydroxylation is 1. The summed E-state index contributed by atoms with van der Waals surface area (Å²) in [7, 11) is 4.76. The smallest absolute Gasteiger partial charge is 0.301 e. The molecule has 8 heterocycles. The summed E-state index contributed by atoms with van der Waals surface area (Å²) < 4.78 is 25.6. The number of aromatic nitrogens is 3. The van der Waals surface area contributed by atoms with E-state index in [0.717, 1.165) is 21.1 Å². The van der Waals surface area contributed by atoms with E-state index < -0.39 is 35.9 Å².